The minimum Gasteiger partial charge on any atom is -0.469 e. The third-order valence-electron chi connectivity index (χ3n) is 31.5. The van der Waals surface area contributed by atoms with Gasteiger partial charge >= 0.3 is 11.9 Å². The van der Waals surface area contributed by atoms with Crippen LogP contribution >= 0.6 is 69.6 Å². The number of ketones is 1. The van der Waals surface area contributed by atoms with Crippen molar-refractivity contribution in [2.75, 3.05) is 43.3 Å². The van der Waals surface area contributed by atoms with E-state index in [1.165, 1.54) is 38.5 Å². The number of hydrogen-bond donors (Lipinski definition) is 8. The second-order valence-corrected chi connectivity index (χ2v) is 39.6. The van der Waals surface area contributed by atoms with Crippen LogP contribution in [0, 0.1) is 33.7 Å². The van der Waals surface area contributed by atoms with E-state index in [1.807, 2.05) is 19.1 Å². The molecule has 13 fully saturated rings. The number of anilines is 3. The molecule has 5 heterocycles. The summed E-state index contributed by atoms with van der Waals surface area (Å²) in [6.07, 6.45) is 23.3. The fraction of sp³-hybridized carbons (Fsp3) is 0.505. The number of likely N-dealkylation sites (N-methyl/N-ethyl adjacent to an activating group) is 1. The third-order valence-corrected chi connectivity index (χ3v) is 33.0. The number of amides is 6. The molecule has 4 spiro atoms. The lowest BCUT2D eigenvalue weighted by Gasteiger charge is -2.53. The first-order valence-corrected chi connectivity index (χ1v) is 45.8. The molecule has 5 aliphatic heterocycles. The predicted octanol–water partition coefficient (Wildman–Crippen LogP) is 18.4. The minimum atomic E-state index is -1.27. The van der Waals surface area contributed by atoms with Gasteiger partial charge in [0.25, 0.3) is 5.91 Å². The standard InChI is InChI=1S/C35H40Cl2FN3O3.C33H36Cl2FN3O4.C15H8Cl2FNO.C12H20N2O3/c1-3-41-29(30(43)40-33-17-14-32(15-18-33,16-19-33)21(2)42)27(23-8-7-9-25(37)28(23)38)35(34(41)12-5-4-6-13-34)24-11-10-22(36)20-26(24)39-31(35)44;1-43-29(42)30-12-15-31(16-13-30,17-14-30)39-27(40)26-24(20-6-5-7-22(35)25(20)36)33(32(38-26)10-3-2-4-11-32)21-9-8-19(34)18-23(21)37-28(33)41;16-9-4-5-10-11(15(20)19-13(10)7-9)6-8-2-1-3-12(17)14(8)18;1-17-10(16)11-2-5-12(6-3-11,7-4-11)14-9(15)8-13/h7-11,20,27,29H,3-6,12-19H2,1-2H3,(H,39,44)(H,40,43);5-9,18,24,26,38H,2-4,10-17H2,1H3,(H,37,41)(H,39,40);1-7H,(H,19,20);2-8,13H2,1H3,(H,14,15)/t27-,29+,32?,33?,35+;24-,26+,30?,31?,33+;;/m00../s1. The largest absolute Gasteiger partial charge is 0.469 e. The van der Waals surface area contributed by atoms with Crippen molar-refractivity contribution in [1.29, 1.82) is 0 Å². The van der Waals surface area contributed by atoms with Gasteiger partial charge in [0.05, 0.1) is 64.4 Å². The quantitative estimate of drug-likeness (QED) is 0.0394. The zero-order chi connectivity index (χ0) is 88.1. The van der Waals surface area contributed by atoms with E-state index in [9.17, 15) is 47.5 Å². The zero-order valence-electron chi connectivity index (χ0n) is 69.9. The summed E-state index contributed by atoms with van der Waals surface area (Å²) in [5.41, 5.74) is 4.49. The molecule has 6 atom stereocenters. The Kier molecular flexibility index (Phi) is 24.6. The average Bonchev–Trinajstić information content (AvgIpc) is 1.51. The van der Waals surface area contributed by atoms with Gasteiger partial charge in [-0.1, -0.05) is 170 Å². The number of nitrogens with two attached hydrogens (primary N) is 1. The van der Waals surface area contributed by atoms with Crippen LogP contribution in [0.3, 0.4) is 0 Å². The number of benzene rings is 6. The summed E-state index contributed by atoms with van der Waals surface area (Å²) in [6.45, 7) is 4.29. The number of halogens is 9. The van der Waals surface area contributed by atoms with Crippen LogP contribution in [-0.2, 0) is 63.5 Å². The van der Waals surface area contributed by atoms with Gasteiger partial charge in [0, 0.05) is 88.1 Å². The van der Waals surface area contributed by atoms with Crippen LogP contribution in [0.25, 0.3) is 11.6 Å². The number of nitrogens with one attached hydrogen (secondary N) is 7. The number of ether oxygens (including phenoxy) is 2. The molecule has 6 aromatic carbocycles. The highest BCUT2D eigenvalue weighted by molar-refractivity contribution is 6.37. The molecule has 20 nitrogen and oxygen atoms in total. The third kappa shape index (κ3) is 14.7. The van der Waals surface area contributed by atoms with E-state index in [2.05, 4.69) is 42.1 Å². The first-order valence-electron chi connectivity index (χ1n) is 43.5. The fourth-order valence-electron chi connectivity index (χ4n) is 25.1. The fourth-order valence-corrected chi connectivity index (χ4v) is 26.1. The summed E-state index contributed by atoms with van der Waals surface area (Å²) in [7, 11) is 2.88. The van der Waals surface area contributed by atoms with Crippen molar-refractivity contribution < 1.29 is 65.8 Å². The maximum Gasteiger partial charge on any atom is 0.311 e. The van der Waals surface area contributed by atoms with E-state index in [4.69, 9.17) is 84.8 Å². The lowest BCUT2D eigenvalue weighted by Crippen LogP contribution is -2.63. The summed E-state index contributed by atoms with van der Waals surface area (Å²) in [5, 5.41) is 24.0. The van der Waals surface area contributed by atoms with Gasteiger partial charge < -0.3 is 47.1 Å². The number of rotatable bonds is 13. The Bertz CT molecular complexity index is 5310. The van der Waals surface area contributed by atoms with Gasteiger partial charge in [-0.15, -0.1) is 0 Å². The molecule has 658 valence electrons. The van der Waals surface area contributed by atoms with Crippen LogP contribution in [0.4, 0.5) is 30.2 Å². The molecule has 11 aliphatic carbocycles. The number of nitrogens with zero attached hydrogens (tertiary/aromatic N) is 1. The Labute approximate surface area is 749 Å². The predicted molar refractivity (Wildman–Crippen MR) is 473 cm³/mol. The first kappa shape index (κ1) is 89.3. The van der Waals surface area contributed by atoms with Gasteiger partial charge in [0.2, 0.25) is 29.5 Å². The highest BCUT2D eigenvalue weighted by Gasteiger charge is 2.77. The van der Waals surface area contributed by atoms with E-state index < -0.39 is 79.8 Å². The molecule has 0 aromatic heterocycles. The Morgan fingerprint density at radius 2 is 0.919 bits per heavy atom. The monoisotopic (exact) mass is 1810 g/mol. The summed E-state index contributed by atoms with van der Waals surface area (Å²) in [6, 6.07) is 28.6. The zero-order valence-corrected chi connectivity index (χ0v) is 74.4. The van der Waals surface area contributed by atoms with Crippen molar-refractivity contribution in [1.82, 2.24) is 26.2 Å². The summed E-state index contributed by atoms with van der Waals surface area (Å²) < 4.78 is 56.4. The van der Waals surface area contributed by atoms with Crippen molar-refractivity contribution in [3.05, 3.63) is 190 Å². The normalized spacial score (nSPS) is 31.1. The first-order chi connectivity index (χ1) is 59.3. The Morgan fingerprint density at radius 3 is 1.40 bits per heavy atom. The van der Waals surface area contributed by atoms with Crippen LogP contribution in [0.2, 0.25) is 30.1 Å². The number of methoxy groups -OCH3 is 2. The lowest BCUT2D eigenvalue weighted by atomic mass is 9.55. The molecule has 2 saturated heterocycles. The van der Waals surface area contributed by atoms with Gasteiger partial charge in [-0.25, -0.2) is 13.2 Å². The van der Waals surface area contributed by atoms with Crippen LogP contribution in [0.1, 0.15) is 239 Å². The van der Waals surface area contributed by atoms with E-state index in [-0.39, 0.29) is 108 Å². The number of hydrogen-bond acceptors (Lipinski definition) is 14. The number of fused-ring (bicyclic) bond motifs is 16. The summed E-state index contributed by atoms with van der Waals surface area (Å²) >= 11 is 37.2. The number of carbonyl (C=O) groups excluding carboxylic acids is 9. The van der Waals surface area contributed by atoms with E-state index >= 15 is 8.78 Å². The van der Waals surface area contributed by atoms with Gasteiger partial charge in [0.15, 0.2) is 0 Å². The highest BCUT2D eigenvalue weighted by atomic mass is 35.5. The maximum absolute atomic E-state index is 16.3. The van der Waals surface area contributed by atoms with Crippen molar-refractivity contribution in [2.24, 2.45) is 22.0 Å². The Hall–Kier alpha value is -8.10. The molecule has 0 radical (unpaired) electrons. The lowest BCUT2D eigenvalue weighted by molar-refractivity contribution is -0.161. The van der Waals surface area contributed by atoms with Crippen molar-refractivity contribution in [3.8, 4) is 0 Å². The van der Waals surface area contributed by atoms with Crippen molar-refractivity contribution >= 4 is 151 Å². The Balaban J connectivity index is 0.000000132. The van der Waals surface area contributed by atoms with Gasteiger partial charge in [-0.2, -0.15) is 0 Å². The van der Waals surface area contributed by atoms with Gasteiger partial charge in [0.1, 0.15) is 34.1 Å². The van der Waals surface area contributed by atoms with Gasteiger partial charge in [-0.05, 0) is 238 Å². The number of Topliss-reactive ketones (excluding diaryl/α,β-unsaturated/α-hetero) is 1. The Morgan fingerprint density at radius 1 is 0.492 bits per heavy atom. The molecule has 6 aromatic rings. The number of likely N-dealkylation sites (tertiary alicyclic amines) is 1. The molecule has 22 rings (SSSR count). The molecule has 6 amide bonds. The maximum atomic E-state index is 16.3. The molecule has 11 saturated carbocycles. The van der Waals surface area contributed by atoms with Crippen LogP contribution in [-0.4, -0.2) is 125 Å². The molecular weight excluding hydrogens is 1710 g/mol. The molecule has 29 heteroatoms. The van der Waals surface area contributed by atoms with E-state index in [0.29, 0.717) is 114 Å². The average molecular weight is 1820 g/mol. The second kappa shape index (κ2) is 34.2. The summed E-state index contributed by atoms with van der Waals surface area (Å²) in [4.78, 5) is 121. The topological polar surface area (TPSA) is 286 Å². The second-order valence-electron chi connectivity index (χ2n) is 37.0. The van der Waals surface area contributed by atoms with Crippen molar-refractivity contribution in [3.63, 3.8) is 0 Å². The van der Waals surface area contributed by atoms with E-state index in [0.717, 1.165) is 127 Å². The smallest absolute Gasteiger partial charge is 0.311 e. The molecule has 9 N–H and O–H groups in total. The number of esters is 2. The molecular formula is C95H104Cl6F3N9O11. The molecule has 124 heavy (non-hydrogen) atoms. The van der Waals surface area contributed by atoms with Crippen LogP contribution < -0.4 is 43.0 Å². The SMILES string of the molecule is CCN1[C@@H](C(=O)NC23CCC(C(C)=O)(CC2)CC3)[C@H](c2cccc(Cl)c2F)[C@]2(C(=O)Nc3cc(Cl)ccc32)C12CCCCC2.COC(=O)C12CCC(NC(=O)CN)(CC1)CC2.COC(=O)C12CCC(NC(=O)[C@@H]3NC4(CCCCC4)[C@@]4(C(=O)Nc5cc(Cl)ccc54)[C@H]3c3cccc(Cl)c3F)(CC1)CC2.O=C1Nc2cc(Cl)ccc2C1=Cc1cccc(Cl)c1F. The summed E-state index contributed by atoms with van der Waals surface area (Å²) in [5.74, 6) is -4.76. The van der Waals surface area contributed by atoms with Crippen LogP contribution in [0.15, 0.2) is 109 Å². The minimum absolute atomic E-state index is 0.0223. The molecule has 16 aliphatic rings. The molecule has 6 bridgehead atoms. The highest BCUT2D eigenvalue weighted by Crippen LogP contribution is 2.68. The van der Waals surface area contributed by atoms with Gasteiger partial charge in [-0.3, -0.25) is 53.4 Å². The van der Waals surface area contributed by atoms with E-state index in [1.54, 1.807) is 85.8 Å². The number of carbonyl (C=O) groups is 9. The van der Waals surface area contributed by atoms with Crippen LogP contribution in [0.5, 0.6) is 0 Å². The van der Waals surface area contributed by atoms with Crippen molar-refractivity contribution in [2.45, 2.75) is 256 Å². The molecule has 0 unspecified atom stereocenters.